The minimum absolute atomic E-state index is 0.256. The lowest BCUT2D eigenvalue weighted by Gasteiger charge is -2.01. The van der Waals surface area contributed by atoms with E-state index in [1.807, 2.05) is 17.5 Å². The monoisotopic (exact) mass is 221 g/mol. The van der Waals surface area contributed by atoms with Gasteiger partial charge < -0.3 is 9.84 Å². The Kier molecular flexibility index (Phi) is 2.26. The molecular weight excluding hydrogens is 210 g/mol. The highest BCUT2D eigenvalue weighted by Gasteiger charge is 2.22. The predicted molar refractivity (Wildman–Crippen MR) is 57.6 cm³/mol. The normalized spacial score (nSPS) is 20.9. The fourth-order valence-corrected chi connectivity index (χ4v) is 2.43. The van der Waals surface area contributed by atoms with Crippen LogP contribution in [0.3, 0.4) is 0 Å². The maximum Gasteiger partial charge on any atom is 0.244 e. The molecule has 0 saturated carbocycles. The highest BCUT2D eigenvalue weighted by atomic mass is 32.1. The summed E-state index contributed by atoms with van der Waals surface area (Å²) in [6.45, 7) is 1.04. The van der Waals surface area contributed by atoms with Gasteiger partial charge in [0.1, 0.15) is 0 Å². The lowest BCUT2D eigenvalue weighted by Crippen LogP contribution is -2.12. The molecule has 4 nitrogen and oxygen atoms in total. The van der Waals surface area contributed by atoms with Gasteiger partial charge in [0.25, 0.3) is 0 Å². The molecule has 0 radical (unpaired) electrons. The van der Waals surface area contributed by atoms with Crippen LogP contribution < -0.4 is 5.32 Å². The second-order valence-corrected chi connectivity index (χ2v) is 4.53. The summed E-state index contributed by atoms with van der Waals surface area (Å²) in [7, 11) is 0. The van der Waals surface area contributed by atoms with Gasteiger partial charge in [0.05, 0.1) is 10.9 Å². The van der Waals surface area contributed by atoms with Crippen molar-refractivity contribution in [1.29, 1.82) is 0 Å². The summed E-state index contributed by atoms with van der Waals surface area (Å²) in [5, 5.41) is 9.34. The van der Waals surface area contributed by atoms with Crippen LogP contribution in [0.1, 0.15) is 24.8 Å². The maximum absolute atomic E-state index is 5.26. The Morgan fingerprint density at radius 1 is 1.53 bits per heavy atom. The summed E-state index contributed by atoms with van der Waals surface area (Å²) in [6.07, 6.45) is 2.27. The van der Waals surface area contributed by atoms with Crippen molar-refractivity contribution in [2.75, 3.05) is 6.54 Å². The van der Waals surface area contributed by atoms with Crippen LogP contribution in [0, 0.1) is 0 Å². The number of hydrogen-bond donors (Lipinski definition) is 1. The zero-order chi connectivity index (χ0) is 10.1. The van der Waals surface area contributed by atoms with E-state index in [0.29, 0.717) is 5.82 Å². The van der Waals surface area contributed by atoms with Gasteiger partial charge in [0.2, 0.25) is 11.7 Å². The van der Waals surface area contributed by atoms with Crippen molar-refractivity contribution in [3.05, 3.63) is 23.4 Å². The van der Waals surface area contributed by atoms with Crippen LogP contribution in [0.2, 0.25) is 0 Å². The van der Waals surface area contributed by atoms with Gasteiger partial charge in [-0.1, -0.05) is 11.2 Å². The Hall–Kier alpha value is -1.20. The number of nitrogens with zero attached hydrogens (tertiary/aromatic N) is 2. The first-order valence-corrected chi connectivity index (χ1v) is 5.92. The smallest absolute Gasteiger partial charge is 0.244 e. The molecule has 1 aliphatic rings. The molecule has 78 valence electrons. The number of thiophene rings is 1. The number of hydrogen-bond acceptors (Lipinski definition) is 5. The third-order valence-electron chi connectivity index (χ3n) is 2.54. The quantitative estimate of drug-likeness (QED) is 0.844. The van der Waals surface area contributed by atoms with E-state index in [1.165, 1.54) is 6.42 Å². The van der Waals surface area contributed by atoms with Crippen LogP contribution in [-0.2, 0) is 0 Å². The van der Waals surface area contributed by atoms with Gasteiger partial charge >= 0.3 is 0 Å². The van der Waals surface area contributed by atoms with E-state index >= 15 is 0 Å². The summed E-state index contributed by atoms with van der Waals surface area (Å²) in [4.78, 5) is 5.46. The van der Waals surface area contributed by atoms with Crippen LogP contribution in [0.15, 0.2) is 22.0 Å². The Morgan fingerprint density at radius 3 is 3.27 bits per heavy atom. The van der Waals surface area contributed by atoms with Gasteiger partial charge in [-0.25, -0.2) is 0 Å². The molecule has 1 aliphatic heterocycles. The van der Waals surface area contributed by atoms with Crippen LogP contribution in [0.5, 0.6) is 0 Å². The van der Waals surface area contributed by atoms with Gasteiger partial charge in [-0.15, -0.1) is 11.3 Å². The Morgan fingerprint density at radius 2 is 2.53 bits per heavy atom. The molecule has 2 aromatic rings. The standard InChI is InChI=1S/C10H11N3OS/c1-3-7(11-5-1)10-12-9(13-14-10)8-4-2-6-15-8/h2,4,6-7,11H,1,3,5H2/t7-/m0/s1. The fraction of sp³-hybridized carbons (Fsp3) is 0.400. The molecule has 3 rings (SSSR count). The van der Waals surface area contributed by atoms with Crippen molar-refractivity contribution in [3.63, 3.8) is 0 Å². The van der Waals surface area contributed by atoms with E-state index in [9.17, 15) is 0 Å². The molecule has 1 fully saturated rings. The lowest BCUT2D eigenvalue weighted by atomic mass is 10.2. The van der Waals surface area contributed by atoms with E-state index in [1.54, 1.807) is 11.3 Å². The molecule has 2 aromatic heterocycles. The molecule has 5 heteroatoms. The summed E-state index contributed by atoms with van der Waals surface area (Å²) in [5.74, 6) is 1.42. The minimum atomic E-state index is 0.256. The zero-order valence-corrected chi connectivity index (χ0v) is 8.96. The van der Waals surface area contributed by atoms with Gasteiger partial charge in [-0.3, -0.25) is 0 Å². The third-order valence-corrected chi connectivity index (χ3v) is 3.41. The first kappa shape index (κ1) is 9.06. The molecule has 1 N–H and O–H groups in total. The SMILES string of the molecule is c1csc(-c2noc([C@@H]3CCCN3)n2)c1. The number of aromatic nitrogens is 2. The molecular formula is C10H11N3OS. The molecule has 0 aromatic carbocycles. The first-order chi connectivity index (χ1) is 7.43. The average molecular weight is 221 g/mol. The molecule has 15 heavy (non-hydrogen) atoms. The number of nitrogens with one attached hydrogen (secondary N) is 1. The zero-order valence-electron chi connectivity index (χ0n) is 8.14. The summed E-state index contributed by atoms with van der Waals surface area (Å²) in [6, 6.07) is 4.25. The van der Waals surface area contributed by atoms with Crippen molar-refractivity contribution in [2.24, 2.45) is 0 Å². The third kappa shape index (κ3) is 1.68. The van der Waals surface area contributed by atoms with E-state index in [0.717, 1.165) is 23.7 Å². The topological polar surface area (TPSA) is 51.0 Å². The summed E-state index contributed by atoms with van der Waals surface area (Å²) >= 11 is 1.63. The first-order valence-electron chi connectivity index (χ1n) is 5.04. The Labute approximate surface area is 91.3 Å². The van der Waals surface area contributed by atoms with Crippen molar-refractivity contribution >= 4 is 11.3 Å². The predicted octanol–water partition coefficient (Wildman–Crippen LogP) is 2.22. The van der Waals surface area contributed by atoms with E-state index < -0.39 is 0 Å². The molecule has 1 saturated heterocycles. The van der Waals surface area contributed by atoms with Crippen LogP contribution in [0.4, 0.5) is 0 Å². The second-order valence-electron chi connectivity index (χ2n) is 3.58. The largest absolute Gasteiger partial charge is 0.337 e. The molecule has 0 spiro atoms. The summed E-state index contributed by atoms with van der Waals surface area (Å²) < 4.78 is 5.26. The fourth-order valence-electron chi connectivity index (χ4n) is 1.78. The molecule has 3 heterocycles. The van der Waals surface area contributed by atoms with Gasteiger partial charge in [-0.05, 0) is 30.8 Å². The Balaban J connectivity index is 1.87. The lowest BCUT2D eigenvalue weighted by molar-refractivity contribution is 0.345. The maximum atomic E-state index is 5.26. The van der Waals surface area contributed by atoms with Crippen LogP contribution >= 0.6 is 11.3 Å². The minimum Gasteiger partial charge on any atom is -0.337 e. The second kappa shape index (κ2) is 3.75. The van der Waals surface area contributed by atoms with Gasteiger partial charge in [-0.2, -0.15) is 4.98 Å². The molecule has 0 bridgehead atoms. The van der Waals surface area contributed by atoms with Crippen molar-refractivity contribution < 1.29 is 4.52 Å². The van der Waals surface area contributed by atoms with E-state index in [2.05, 4.69) is 15.5 Å². The van der Waals surface area contributed by atoms with Gasteiger partial charge in [0, 0.05) is 0 Å². The van der Waals surface area contributed by atoms with Crippen LogP contribution in [0.25, 0.3) is 10.7 Å². The van der Waals surface area contributed by atoms with Crippen molar-refractivity contribution in [2.45, 2.75) is 18.9 Å². The van der Waals surface area contributed by atoms with Crippen LogP contribution in [-0.4, -0.2) is 16.7 Å². The Bertz CT molecular complexity index is 431. The average Bonchev–Trinajstić information content (AvgIpc) is 3.02. The van der Waals surface area contributed by atoms with Crippen molar-refractivity contribution in [1.82, 2.24) is 15.5 Å². The molecule has 0 unspecified atom stereocenters. The van der Waals surface area contributed by atoms with Crippen molar-refractivity contribution in [3.8, 4) is 10.7 Å². The molecule has 0 amide bonds. The van der Waals surface area contributed by atoms with E-state index in [-0.39, 0.29) is 6.04 Å². The highest BCUT2D eigenvalue weighted by Crippen LogP contribution is 2.26. The molecule has 1 atom stereocenters. The van der Waals surface area contributed by atoms with E-state index in [4.69, 9.17) is 4.52 Å². The molecule has 0 aliphatic carbocycles. The number of rotatable bonds is 2. The summed E-state index contributed by atoms with van der Waals surface area (Å²) in [5.41, 5.74) is 0. The highest BCUT2D eigenvalue weighted by molar-refractivity contribution is 7.13. The van der Waals surface area contributed by atoms with Gasteiger partial charge in [0.15, 0.2) is 0 Å².